The maximum absolute atomic E-state index is 12.7. The number of nitrogens with zero attached hydrogens (tertiary/aromatic N) is 4. The highest BCUT2D eigenvalue weighted by molar-refractivity contribution is 5.83. The van der Waals surface area contributed by atoms with Crippen LogP contribution in [0.1, 0.15) is 12.8 Å². The number of anilines is 1. The second-order valence-corrected chi connectivity index (χ2v) is 5.16. The van der Waals surface area contributed by atoms with Crippen molar-refractivity contribution < 1.29 is 23.0 Å². The Morgan fingerprint density at radius 2 is 1.88 bits per heavy atom. The fraction of sp³-hybridized carbons (Fsp3) is 0.357. The molecule has 0 radical (unpaired) electrons. The maximum atomic E-state index is 12.7. The predicted molar refractivity (Wildman–Crippen MR) is 77.7 cm³/mol. The molecule has 1 saturated carbocycles. The molecule has 1 N–H and O–H groups in total. The first-order valence-electron chi connectivity index (χ1n) is 6.99. The average molecular weight is 337 g/mol. The first-order chi connectivity index (χ1) is 11.4. The summed E-state index contributed by atoms with van der Waals surface area (Å²) in [6, 6.07) is 0.231. The van der Waals surface area contributed by atoms with Crippen LogP contribution in [0.2, 0.25) is 0 Å². The molecule has 2 heterocycles. The minimum Gasteiger partial charge on any atom is -0.467 e. The first kappa shape index (κ1) is 16.0. The van der Waals surface area contributed by atoms with Crippen LogP contribution in [0.15, 0.2) is 24.8 Å². The highest BCUT2D eigenvalue weighted by atomic mass is 19.3. The summed E-state index contributed by atoms with van der Waals surface area (Å²) in [4.78, 5) is 27.6. The molecule has 0 unspecified atom stereocenters. The van der Waals surface area contributed by atoms with Crippen molar-refractivity contribution in [3.8, 4) is 17.3 Å². The van der Waals surface area contributed by atoms with E-state index in [1.807, 2.05) is 0 Å². The number of nitrogens with one attached hydrogen (secondary N) is 1. The van der Waals surface area contributed by atoms with Gasteiger partial charge in [-0.15, -0.1) is 0 Å². The number of carbonyl (C=O) groups excluding carboxylic acids is 1. The fourth-order valence-electron chi connectivity index (χ4n) is 2.07. The van der Waals surface area contributed by atoms with Gasteiger partial charge in [-0.3, -0.25) is 10.3 Å². The first-order valence-corrected chi connectivity index (χ1v) is 6.99. The lowest BCUT2D eigenvalue weighted by Crippen LogP contribution is -2.43. The summed E-state index contributed by atoms with van der Waals surface area (Å²) < 4.78 is 35.0. The minimum atomic E-state index is -2.74. The third kappa shape index (κ3) is 3.70. The molecule has 126 valence electrons. The number of methoxy groups -OCH3 is 1. The zero-order valence-electron chi connectivity index (χ0n) is 12.6. The molecule has 0 bridgehead atoms. The number of alkyl halides is 2. The van der Waals surface area contributed by atoms with Gasteiger partial charge in [0.2, 0.25) is 0 Å². The number of ether oxygens (including phenoxy) is 2. The van der Waals surface area contributed by atoms with Gasteiger partial charge in [0.05, 0.1) is 25.2 Å². The van der Waals surface area contributed by atoms with Gasteiger partial charge in [0.15, 0.2) is 5.82 Å². The van der Waals surface area contributed by atoms with Crippen LogP contribution in [0.3, 0.4) is 0 Å². The van der Waals surface area contributed by atoms with Gasteiger partial charge in [-0.25, -0.2) is 28.5 Å². The smallest absolute Gasteiger partial charge is 0.413 e. The van der Waals surface area contributed by atoms with Crippen molar-refractivity contribution >= 4 is 11.9 Å². The summed E-state index contributed by atoms with van der Waals surface area (Å²) in [6.07, 6.45) is 3.25. The number of amides is 1. The Hall–Kier alpha value is -2.91. The predicted octanol–water partition coefficient (Wildman–Crippen LogP) is 2.29. The number of aromatic nitrogens is 4. The lowest BCUT2D eigenvalue weighted by molar-refractivity contribution is -0.142. The van der Waals surface area contributed by atoms with Crippen LogP contribution in [-0.2, 0) is 4.74 Å². The zero-order valence-corrected chi connectivity index (χ0v) is 12.6. The molecule has 0 atom stereocenters. The van der Waals surface area contributed by atoms with E-state index in [0.29, 0.717) is 11.3 Å². The third-order valence-electron chi connectivity index (χ3n) is 3.31. The van der Waals surface area contributed by atoms with Crippen LogP contribution in [-0.4, -0.2) is 45.2 Å². The van der Waals surface area contributed by atoms with E-state index < -0.39 is 31.0 Å². The zero-order chi connectivity index (χ0) is 17.2. The normalized spacial score (nSPS) is 16.1. The molecule has 0 aliphatic heterocycles. The lowest BCUT2D eigenvalue weighted by atomic mass is 9.91. The van der Waals surface area contributed by atoms with Gasteiger partial charge < -0.3 is 9.47 Å². The monoisotopic (exact) mass is 337 g/mol. The molecule has 2 aromatic rings. The molecule has 1 aliphatic carbocycles. The van der Waals surface area contributed by atoms with E-state index in [0.717, 1.165) is 0 Å². The molecule has 1 aliphatic rings. The maximum Gasteiger partial charge on any atom is 0.413 e. The molecule has 1 amide bonds. The number of hydrogen-bond acceptors (Lipinski definition) is 7. The summed E-state index contributed by atoms with van der Waals surface area (Å²) >= 11 is 0. The Bertz CT molecular complexity index is 716. The fourth-order valence-corrected chi connectivity index (χ4v) is 2.07. The van der Waals surface area contributed by atoms with Crippen molar-refractivity contribution in [3.05, 3.63) is 24.8 Å². The largest absolute Gasteiger partial charge is 0.467 e. The standard InChI is InChI=1S/C14H13F2N5O3/c1-23-12-19-4-8(5-20-12)10-6-18-11(7-17-10)21-13(22)24-9-2-14(15,16)3-9/h4-7,9H,2-3H2,1H3,(H,18,21,22). The molecular weight excluding hydrogens is 324 g/mol. The summed E-state index contributed by atoms with van der Waals surface area (Å²) in [5.74, 6) is -2.60. The van der Waals surface area contributed by atoms with Crippen LogP contribution in [0.25, 0.3) is 11.3 Å². The van der Waals surface area contributed by atoms with Crippen LogP contribution in [0.5, 0.6) is 6.01 Å². The summed E-state index contributed by atoms with van der Waals surface area (Å²) in [6.45, 7) is 0. The molecule has 3 rings (SSSR count). The third-order valence-corrected chi connectivity index (χ3v) is 3.31. The SMILES string of the molecule is COc1ncc(-c2cnc(NC(=O)OC3CC(F)(F)C3)cn2)cn1. The summed E-state index contributed by atoms with van der Waals surface area (Å²) in [5, 5.41) is 2.33. The molecular formula is C14H13F2N5O3. The highest BCUT2D eigenvalue weighted by Gasteiger charge is 2.47. The van der Waals surface area contributed by atoms with Gasteiger partial charge >= 0.3 is 12.1 Å². The van der Waals surface area contributed by atoms with Gasteiger partial charge in [-0.05, 0) is 0 Å². The van der Waals surface area contributed by atoms with Gasteiger partial charge in [-0.2, -0.15) is 0 Å². The van der Waals surface area contributed by atoms with Gasteiger partial charge in [0.1, 0.15) is 6.10 Å². The Kier molecular flexibility index (Phi) is 4.19. The second-order valence-electron chi connectivity index (χ2n) is 5.16. The van der Waals surface area contributed by atoms with Crippen LogP contribution < -0.4 is 10.1 Å². The quantitative estimate of drug-likeness (QED) is 0.913. The van der Waals surface area contributed by atoms with E-state index in [1.54, 1.807) is 0 Å². The summed E-state index contributed by atoms with van der Waals surface area (Å²) in [5.41, 5.74) is 1.12. The molecule has 0 saturated heterocycles. The number of rotatable bonds is 4. The van der Waals surface area contributed by atoms with E-state index in [4.69, 9.17) is 9.47 Å². The topological polar surface area (TPSA) is 99.1 Å². The highest BCUT2D eigenvalue weighted by Crippen LogP contribution is 2.39. The number of carbonyl (C=O) groups is 1. The van der Waals surface area contributed by atoms with Gasteiger partial charge in [0, 0.05) is 30.8 Å². The van der Waals surface area contributed by atoms with E-state index in [9.17, 15) is 13.6 Å². The van der Waals surface area contributed by atoms with E-state index in [-0.39, 0.29) is 11.8 Å². The van der Waals surface area contributed by atoms with Crippen molar-refractivity contribution in [1.29, 1.82) is 0 Å². The van der Waals surface area contributed by atoms with Gasteiger partial charge in [0.25, 0.3) is 5.92 Å². The molecule has 0 spiro atoms. The number of halogens is 2. The van der Waals surface area contributed by atoms with Crippen molar-refractivity contribution in [2.75, 3.05) is 12.4 Å². The average Bonchev–Trinajstić information content (AvgIpc) is 2.54. The van der Waals surface area contributed by atoms with Crippen LogP contribution in [0, 0.1) is 0 Å². The van der Waals surface area contributed by atoms with E-state index >= 15 is 0 Å². The molecule has 1 fully saturated rings. The van der Waals surface area contributed by atoms with Crippen LogP contribution >= 0.6 is 0 Å². The Balaban J connectivity index is 1.57. The van der Waals surface area contributed by atoms with E-state index in [2.05, 4.69) is 25.3 Å². The molecule has 2 aromatic heterocycles. The van der Waals surface area contributed by atoms with Crippen molar-refractivity contribution in [2.24, 2.45) is 0 Å². The minimum absolute atomic E-state index is 0.143. The lowest BCUT2D eigenvalue weighted by Gasteiger charge is -2.33. The summed E-state index contributed by atoms with van der Waals surface area (Å²) in [7, 11) is 1.46. The second kappa shape index (κ2) is 6.30. The van der Waals surface area contributed by atoms with Crippen molar-refractivity contribution in [2.45, 2.75) is 24.9 Å². The Labute approximate surface area is 135 Å². The molecule has 8 nitrogen and oxygen atoms in total. The molecule has 0 aromatic carbocycles. The Morgan fingerprint density at radius 3 is 2.42 bits per heavy atom. The Morgan fingerprint density at radius 1 is 1.17 bits per heavy atom. The van der Waals surface area contributed by atoms with Crippen molar-refractivity contribution in [3.63, 3.8) is 0 Å². The van der Waals surface area contributed by atoms with Crippen LogP contribution in [0.4, 0.5) is 19.4 Å². The van der Waals surface area contributed by atoms with Gasteiger partial charge in [-0.1, -0.05) is 0 Å². The molecule has 24 heavy (non-hydrogen) atoms. The van der Waals surface area contributed by atoms with Crippen molar-refractivity contribution in [1.82, 2.24) is 19.9 Å². The molecule has 10 heteroatoms. The number of hydrogen-bond donors (Lipinski definition) is 1. The van der Waals surface area contributed by atoms with E-state index in [1.165, 1.54) is 31.9 Å².